The Hall–Kier alpha value is -2.89. The van der Waals surface area contributed by atoms with Crippen LogP contribution in [-0.4, -0.2) is 88.6 Å². The average Bonchev–Trinajstić information content (AvgIpc) is 3.37. The third-order valence-electron chi connectivity index (χ3n) is 8.56. The van der Waals surface area contributed by atoms with Gasteiger partial charge in [0.05, 0.1) is 43.0 Å². The summed E-state index contributed by atoms with van der Waals surface area (Å²) in [5, 5.41) is 3.48. The molecule has 3 aromatic rings. The van der Waals surface area contributed by atoms with E-state index in [0.29, 0.717) is 60.3 Å². The minimum Gasteiger partial charge on any atom is -0.379 e. The number of halogens is 2. The van der Waals surface area contributed by atoms with E-state index in [4.69, 9.17) is 19.4 Å². The number of alkyl halides is 2. The summed E-state index contributed by atoms with van der Waals surface area (Å²) in [4.78, 5) is 18.7. The van der Waals surface area contributed by atoms with Gasteiger partial charge >= 0.3 is 0 Å². The van der Waals surface area contributed by atoms with Gasteiger partial charge in [-0.3, -0.25) is 9.47 Å². The number of hydrogen-bond donors (Lipinski definition) is 1. The molecule has 216 valence electrons. The normalized spacial score (nSPS) is 24.1. The van der Waals surface area contributed by atoms with Crippen molar-refractivity contribution in [1.82, 2.24) is 24.4 Å². The maximum absolute atomic E-state index is 14.2. The fourth-order valence-corrected chi connectivity index (χ4v) is 6.36. The van der Waals surface area contributed by atoms with E-state index in [0.717, 1.165) is 45.7 Å². The minimum absolute atomic E-state index is 0.304. The molecular formula is C29H39F2N7O2. The maximum Gasteiger partial charge on any atom is 0.296 e. The van der Waals surface area contributed by atoms with Crippen LogP contribution in [0.4, 0.5) is 20.5 Å². The highest BCUT2D eigenvalue weighted by Gasteiger charge is 2.33. The number of rotatable bonds is 7. The topological polar surface area (TPSA) is 80.6 Å². The molecule has 0 radical (unpaired) electrons. The lowest BCUT2D eigenvalue weighted by molar-refractivity contribution is 0.00539. The number of imidazole rings is 1. The van der Waals surface area contributed by atoms with E-state index in [1.807, 2.05) is 6.07 Å². The van der Waals surface area contributed by atoms with Crippen LogP contribution in [0.25, 0.3) is 16.9 Å². The van der Waals surface area contributed by atoms with E-state index in [1.54, 1.807) is 24.3 Å². The van der Waals surface area contributed by atoms with Gasteiger partial charge in [-0.1, -0.05) is 12.1 Å². The van der Waals surface area contributed by atoms with Crippen molar-refractivity contribution in [3.63, 3.8) is 0 Å². The van der Waals surface area contributed by atoms with E-state index in [2.05, 4.69) is 33.9 Å². The van der Waals surface area contributed by atoms with Crippen LogP contribution in [0.1, 0.15) is 51.8 Å². The molecule has 2 aliphatic heterocycles. The van der Waals surface area contributed by atoms with Crippen LogP contribution in [-0.2, 0) is 9.47 Å². The molecule has 0 unspecified atom stereocenters. The smallest absolute Gasteiger partial charge is 0.296 e. The van der Waals surface area contributed by atoms with Gasteiger partial charge in [-0.15, -0.1) is 0 Å². The Morgan fingerprint density at radius 2 is 1.68 bits per heavy atom. The van der Waals surface area contributed by atoms with Crippen molar-refractivity contribution in [2.24, 2.45) is 5.92 Å². The fourth-order valence-electron chi connectivity index (χ4n) is 6.36. The molecule has 2 aromatic heterocycles. The van der Waals surface area contributed by atoms with Crippen molar-refractivity contribution in [2.75, 3.05) is 62.8 Å². The number of nitrogens with zero attached hydrogens (tertiary/aromatic N) is 6. The van der Waals surface area contributed by atoms with Crippen LogP contribution >= 0.6 is 0 Å². The molecule has 6 rings (SSSR count). The van der Waals surface area contributed by atoms with Crippen LogP contribution in [0, 0.1) is 5.92 Å². The number of morpholine rings is 2. The predicted octanol–water partition coefficient (Wildman–Crippen LogP) is 4.67. The first-order chi connectivity index (χ1) is 19.4. The molecule has 4 heterocycles. The standard InChI is InChI=1S/C29H39F2N7O2/c1-29(2)19-40-16-13-37(29)24-17-25(38-23-6-4-3-5-22(23)33-27(38)26(30)31)35-28(34-24)32-18-20-7-9-21(10-8-20)36-11-14-39-15-12-36/h3-6,17,20-21,26H,7-16,18-19H2,1-2H3,(H,32,34,35). The third kappa shape index (κ3) is 5.64. The minimum atomic E-state index is -2.75. The van der Waals surface area contributed by atoms with Crippen molar-refractivity contribution in [2.45, 2.75) is 57.5 Å². The number of para-hydroxylation sites is 2. The lowest BCUT2D eigenvalue weighted by Gasteiger charge is -2.43. The first-order valence-corrected chi connectivity index (χ1v) is 14.4. The third-order valence-corrected chi connectivity index (χ3v) is 8.56. The summed E-state index contributed by atoms with van der Waals surface area (Å²) in [6.45, 7) is 10.4. The Morgan fingerprint density at radius 3 is 2.42 bits per heavy atom. The SMILES string of the molecule is CC1(C)COCCN1c1cc(-n2c(C(F)F)nc3ccccc32)nc(NCC2CCC(N3CCOCC3)CC2)n1. The maximum atomic E-state index is 14.2. The first kappa shape index (κ1) is 27.3. The summed E-state index contributed by atoms with van der Waals surface area (Å²) < 4.78 is 41.1. The number of hydrogen-bond acceptors (Lipinski definition) is 8. The second-order valence-electron chi connectivity index (χ2n) is 11.7. The molecule has 3 fully saturated rings. The molecule has 0 amide bonds. The van der Waals surface area contributed by atoms with Crippen LogP contribution in [0.5, 0.6) is 0 Å². The molecule has 0 bridgehead atoms. The molecule has 1 aromatic carbocycles. The molecule has 2 saturated heterocycles. The van der Waals surface area contributed by atoms with E-state index >= 15 is 0 Å². The number of benzene rings is 1. The number of ether oxygens (including phenoxy) is 2. The Bertz CT molecular complexity index is 1300. The van der Waals surface area contributed by atoms with E-state index in [1.165, 1.54) is 17.4 Å². The predicted molar refractivity (Wildman–Crippen MR) is 150 cm³/mol. The number of aromatic nitrogens is 4. The Balaban J connectivity index is 1.28. The molecule has 1 N–H and O–H groups in total. The van der Waals surface area contributed by atoms with Crippen LogP contribution in [0.15, 0.2) is 30.3 Å². The zero-order chi connectivity index (χ0) is 27.7. The number of nitrogens with one attached hydrogen (secondary N) is 1. The van der Waals surface area contributed by atoms with Gasteiger partial charge in [0, 0.05) is 38.3 Å². The monoisotopic (exact) mass is 555 g/mol. The van der Waals surface area contributed by atoms with Crippen molar-refractivity contribution in [3.8, 4) is 5.82 Å². The van der Waals surface area contributed by atoms with Gasteiger partial charge in [-0.05, 0) is 57.6 Å². The zero-order valence-electron chi connectivity index (χ0n) is 23.4. The van der Waals surface area contributed by atoms with Gasteiger partial charge in [-0.25, -0.2) is 13.8 Å². The highest BCUT2D eigenvalue weighted by atomic mass is 19.3. The van der Waals surface area contributed by atoms with Crippen molar-refractivity contribution < 1.29 is 18.3 Å². The van der Waals surface area contributed by atoms with E-state index < -0.39 is 6.43 Å². The summed E-state index contributed by atoms with van der Waals surface area (Å²) >= 11 is 0. The second kappa shape index (κ2) is 11.5. The lowest BCUT2D eigenvalue weighted by Crippen LogP contribution is -2.53. The quantitative estimate of drug-likeness (QED) is 0.451. The fraction of sp³-hybridized carbons (Fsp3) is 0.621. The van der Waals surface area contributed by atoms with Gasteiger partial charge in [0.2, 0.25) is 5.95 Å². The molecule has 1 aliphatic carbocycles. The highest BCUT2D eigenvalue weighted by molar-refractivity contribution is 5.78. The molecule has 9 nitrogen and oxygen atoms in total. The average molecular weight is 556 g/mol. The number of anilines is 2. The highest BCUT2D eigenvalue weighted by Crippen LogP contribution is 2.33. The molecule has 40 heavy (non-hydrogen) atoms. The van der Waals surface area contributed by atoms with E-state index in [9.17, 15) is 8.78 Å². The van der Waals surface area contributed by atoms with Crippen molar-refractivity contribution in [1.29, 1.82) is 0 Å². The van der Waals surface area contributed by atoms with Crippen LogP contribution in [0.2, 0.25) is 0 Å². The van der Waals surface area contributed by atoms with Gasteiger partial charge in [0.15, 0.2) is 5.82 Å². The van der Waals surface area contributed by atoms with Gasteiger partial charge in [0.1, 0.15) is 11.6 Å². The van der Waals surface area contributed by atoms with Gasteiger partial charge in [0.25, 0.3) is 6.43 Å². The zero-order valence-corrected chi connectivity index (χ0v) is 23.4. The second-order valence-corrected chi connectivity index (χ2v) is 11.7. The molecule has 0 spiro atoms. The molecule has 1 saturated carbocycles. The Labute approximate surface area is 233 Å². The van der Waals surface area contributed by atoms with Gasteiger partial charge < -0.3 is 19.7 Å². The molecule has 11 heteroatoms. The molecular weight excluding hydrogens is 516 g/mol. The summed E-state index contributed by atoms with van der Waals surface area (Å²) in [5.74, 6) is 1.71. The Morgan fingerprint density at radius 1 is 0.950 bits per heavy atom. The summed E-state index contributed by atoms with van der Waals surface area (Å²) in [7, 11) is 0. The first-order valence-electron chi connectivity index (χ1n) is 14.4. The molecule has 3 aliphatic rings. The summed E-state index contributed by atoms with van der Waals surface area (Å²) in [5.41, 5.74) is 0.800. The summed E-state index contributed by atoms with van der Waals surface area (Å²) in [6.07, 6.45) is 1.89. The number of fused-ring (bicyclic) bond motifs is 1. The van der Waals surface area contributed by atoms with Gasteiger partial charge in [-0.2, -0.15) is 9.97 Å². The van der Waals surface area contributed by atoms with Crippen LogP contribution < -0.4 is 10.2 Å². The Kier molecular flexibility index (Phi) is 7.87. The van der Waals surface area contributed by atoms with Crippen molar-refractivity contribution >= 4 is 22.8 Å². The largest absolute Gasteiger partial charge is 0.379 e. The van der Waals surface area contributed by atoms with Crippen LogP contribution in [0.3, 0.4) is 0 Å². The van der Waals surface area contributed by atoms with Crippen molar-refractivity contribution in [3.05, 3.63) is 36.2 Å². The molecule has 0 atom stereocenters. The lowest BCUT2D eigenvalue weighted by atomic mass is 9.85. The van der Waals surface area contributed by atoms with E-state index in [-0.39, 0.29) is 11.4 Å². The summed E-state index contributed by atoms with van der Waals surface area (Å²) in [6, 6.07) is 9.61.